The van der Waals surface area contributed by atoms with Crippen LogP contribution in [0.1, 0.15) is 42.4 Å². The fourth-order valence-electron chi connectivity index (χ4n) is 2.00. The number of carbonyl (C=O) groups excluding carboxylic acids is 1. The minimum Gasteiger partial charge on any atom is -0.359 e. The quantitative estimate of drug-likeness (QED) is 0.828. The molecule has 2 nitrogen and oxygen atoms in total. The lowest BCUT2D eigenvalue weighted by atomic mass is 9.88. The molecule has 0 spiro atoms. The van der Waals surface area contributed by atoms with Gasteiger partial charge in [-0.2, -0.15) is 0 Å². The van der Waals surface area contributed by atoms with Crippen molar-refractivity contribution in [2.75, 3.05) is 7.05 Å². The van der Waals surface area contributed by atoms with Crippen LogP contribution >= 0.6 is 0 Å². The largest absolute Gasteiger partial charge is 0.359 e. The van der Waals surface area contributed by atoms with E-state index in [-0.39, 0.29) is 5.91 Å². The Morgan fingerprint density at radius 2 is 2.06 bits per heavy atom. The molecule has 0 heterocycles. The Bertz CT molecular complexity index is 371. The van der Waals surface area contributed by atoms with Crippen molar-refractivity contribution < 1.29 is 4.79 Å². The van der Waals surface area contributed by atoms with E-state index in [9.17, 15) is 4.79 Å². The SMILES string of the molecule is CCC(CC(=O)NC)c1cc(C)ccc1C. The maximum atomic E-state index is 11.4. The van der Waals surface area contributed by atoms with Crippen LogP contribution in [0.2, 0.25) is 0 Å². The molecule has 0 aromatic heterocycles. The second-order valence-corrected chi connectivity index (χ2v) is 4.34. The van der Waals surface area contributed by atoms with E-state index in [1.807, 2.05) is 0 Å². The zero-order valence-electron chi connectivity index (χ0n) is 10.6. The molecule has 0 bridgehead atoms. The number of hydrogen-bond donors (Lipinski definition) is 1. The van der Waals surface area contributed by atoms with Crippen LogP contribution in [0.5, 0.6) is 0 Å². The predicted octanol–water partition coefficient (Wildman–Crippen LogP) is 2.93. The van der Waals surface area contributed by atoms with Gasteiger partial charge in [0, 0.05) is 13.5 Å². The van der Waals surface area contributed by atoms with Gasteiger partial charge in [-0.3, -0.25) is 4.79 Å². The standard InChI is InChI=1S/C14H21NO/c1-5-12(9-14(16)15-4)13-8-10(2)6-7-11(13)3/h6-8,12H,5,9H2,1-4H3,(H,15,16). The van der Waals surface area contributed by atoms with Gasteiger partial charge in [-0.25, -0.2) is 0 Å². The van der Waals surface area contributed by atoms with Crippen LogP contribution in [0.25, 0.3) is 0 Å². The van der Waals surface area contributed by atoms with Gasteiger partial charge in [0.25, 0.3) is 0 Å². The highest BCUT2D eigenvalue weighted by atomic mass is 16.1. The van der Waals surface area contributed by atoms with Gasteiger partial charge >= 0.3 is 0 Å². The van der Waals surface area contributed by atoms with E-state index in [0.717, 1.165) is 6.42 Å². The topological polar surface area (TPSA) is 29.1 Å². The highest BCUT2D eigenvalue weighted by Gasteiger charge is 2.15. The summed E-state index contributed by atoms with van der Waals surface area (Å²) >= 11 is 0. The number of aryl methyl sites for hydroxylation is 2. The average molecular weight is 219 g/mol. The van der Waals surface area contributed by atoms with Crippen molar-refractivity contribution in [2.45, 2.75) is 39.5 Å². The molecule has 0 saturated heterocycles. The highest BCUT2D eigenvalue weighted by Crippen LogP contribution is 2.27. The third kappa shape index (κ3) is 3.09. The summed E-state index contributed by atoms with van der Waals surface area (Å²) in [5.41, 5.74) is 3.85. The highest BCUT2D eigenvalue weighted by molar-refractivity contribution is 5.76. The summed E-state index contributed by atoms with van der Waals surface area (Å²) in [6.45, 7) is 6.34. The number of amides is 1. The summed E-state index contributed by atoms with van der Waals surface area (Å²) in [4.78, 5) is 11.4. The third-order valence-electron chi connectivity index (χ3n) is 3.08. The maximum absolute atomic E-state index is 11.4. The normalized spacial score (nSPS) is 12.2. The molecule has 0 radical (unpaired) electrons. The molecule has 1 atom stereocenters. The lowest BCUT2D eigenvalue weighted by molar-refractivity contribution is -0.121. The fraction of sp³-hybridized carbons (Fsp3) is 0.500. The lowest BCUT2D eigenvalue weighted by Crippen LogP contribution is -2.20. The first-order chi connectivity index (χ1) is 7.58. The molecule has 0 aliphatic carbocycles. The van der Waals surface area contributed by atoms with Gasteiger partial charge in [0.1, 0.15) is 0 Å². The first kappa shape index (κ1) is 12.8. The number of rotatable bonds is 4. The third-order valence-corrected chi connectivity index (χ3v) is 3.08. The number of carbonyl (C=O) groups is 1. The van der Waals surface area contributed by atoms with Crippen LogP contribution in [-0.2, 0) is 4.79 Å². The van der Waals surface area contributed by atoms with E-state index < -0.39 is 0 Å². The molecule has 0 aliphatic rings. The minimum atomic E-state index is 0.118. The van der Waals surface area contributed by atoms with Crippen LogP contribution in [0.4, 0.5) is 0 Å². The van der Waals surface area contributed by atoms with Gasteiger partial charge in [-0.1, -0.05) is 30.7 Å². The van der Waals surface area contributed by atoms with Gasteiger partial charge in [-0.15, -0.1) is 0 Å². The molecule has 0 saturated carbocycles. The molecule has 1 aromatic carbocycles. The van der Waals surface area contributed by atoms with Gasteiger partial charge in [0.2, 0.25) is 5.91 Å². The monoisotopic (exact) mass is 219 g/mol. The van der Waals surface area contributed by atoms with E-state index in [2.05, 4.69) is 44.3 Å². The van der Waals surface area contributed by atoms with E-state index in [4.69, 9.17) is 0 Å². The average Bonchev–Trinajstić information content (AvgIpc) is 2.29. The van der Waals surface area contributed by atoms with Gasteiger partial charge in [0.15, 0.2) is 0 Å². The summed E-state index contributed by atoms with van der Waals surface area (Å²) in [5, 5.41) is 2.69. The summed E-state index contributed by atoms with van der Waals surface area (Å²) in [6.07, 6.45) is 1.58. The predicted molar refractivity (Wildman–Crippen MR) is 67.6 cm³/mol. The summed E-state index contributed by atoms with van der Waals surface area (Å²) in [7, 11) is 1.69. The number of hydrogen-bond acceptors (Lipinski definition) is 1. The van der Waals surface area contributed by atoms with Gasteiger partial charge in [0.05, 0.1) is 0 Å². The Hall–Kier alpha value is -1.31. The molecule has 16 heavy (non-hydrogen) atoms. The first-order valence-electron chi connectivity index (χ1n) is 5.86. The Labute approximate surface area is 98.1 Å². The van der Waals surface area contributed by atoms with E-state index in [1.54, 1.807) is 7.05 Å². The molecular weight excluding hydrogens is 198 g/mol. The van der Waals surface area contributed by atoms with Crippen LogP contribution < -0.4 is 5.32 Å². The Kier molecular flexibility index (Phi) is 4.53. The minimum absolute atomic E-state index is 0.118. The zero-order valence-corrected chi connectivity index (χ0v) is 10.6. The Morgan fingerprint density at radius 1 is 1.38 bits per heavy atom. The second kappa shape index (κ2) is 5.69. The lowest BCUT2D eigenvalue weighted by Gasteiger charge is -2.17. The first-order valence-corrected chi connectivity index (χ1v) is 5.86. The molecule has 1 N–H and O–H groups in total. The van der Waals surface area contributed by atoms with Crippen molar-refractivity contribution in [1.82, 2.24) is 5.32 Å². The molecule has 88 valence electrons. The van der Waals surface area contributed by atoms with E-state index in [1.165, 1.54) is 16.7 Å². The van der Waals surface area contributed by atoms with Gasteiger partial charge < -0.3 is 5.32 Å². The van der Waals surface area contributed by atoms with Crippen LogP contribution in [0.15, 0.2) is 18.2 Å². The Morgan fingerprint density at radius 3 is 2.62 bits per heavy atom. The smallest absolute Gasteiger partial charge is 0.220 e. The Balaban J connectivity index is 2.94. The molecular formula is C14H21NO. The zero-order chi connectivity index (χ0) is 12.1. The molecule has 2 heteroatoms. The van der Waals surface area contributed by atoms with Crippen LogP contribution in [0, 0.1) is 13.8 Å². The summed E-state index contributed by atoms with van der Waals surface area (Å²) in [6, 6.07) is 6.45. The molecule has 1 amide bonds. The van der Waals surface area contributed by atoms with Crippen molar-refractivity contribution in [1.29, 1.82) is 0 Å². The van der Waals surface area contributed by atoms with Crippen LogP contribution in [-0.4, -0.2) is 13.0 Å². The number of benzene rings is 1. The van der Waals surface area contributed by atoms with Crippen molar-refractivity contribution in [3.63, 3.8) is 0 Å². The number of nitrogens with one attached hydrogen (secondary N) is 1. The van der Waals surface area contributed by atoms with Crippen molar-refractivity contribution in [3.05, 3.63) is 34.9 Å². The summed E-state index contributed by atoms with van der Waals surface area (Å²) < 4.78 is 0. The van der Waals surface area contributed by atoms with Gasteiger partial charge in [-0.05, 0) is 37.3 Å². The fourth-order valence-corrected chi connectivity index (χ4v) is 2.00. The van der Waals surface area contributed by atoms with Crippen molar-refractivity contribution in [3.8, 4) is 0 Å². The van der Waals surface area contributed by atoms with Crippen molar-refractivity contribution in [2.24, 2.45) is 0 Å². The molecule has 0 fully saturated rings. The molecule has 0 aliphatic heterocycles. The van der Waals surface area contributed by atoms with E-state index in [0.29, 0.717) is 12.3 Å². The van der Waals surface area contributed by atoms with Crippen molar-refractivity contribution >= 4 is 5.91 Å². The molecule has 1 aromatic rings. The maximum Gasteiger partial charge on any atom is 0.220 e. The summed E-state index contributed by atoms with van der Waals surface area (Å²) in [5.74, 6) is 0.451. The van der Waals surface area contributed by atoms with Crippen LogP contribution in [0.3, 0.4) is 0 Å². The van der Waals surface area contributed by atoms with E-state index >= 15 is 0 Å². The molecule has 1 rings (SSSR count). The second-order valence-electron chi connectivity index (χ2n) is 4.34. The molecule has 1 unspecified atom stereocenters.